The van der Waals surface area contributed by atoms with Crippen molar-refractivity contribution in [1.29, 1.82) is 5.26 Å². The number of amides is 1. The molecular formula is C17H20FN3OS. The quantitative estimate of drug-likeness (QED) is 0.851. The van der Waals surface area contributed by atoms with Crippen molar-refractivity contribution in [2.45, 2.75) is 25.4 Å². The number of hydrogen-bond acceptors (Lipinski definition) is 4. The number of thioether (sulfide) groups is 1. The van der Waals surface area contributed by atoms with Crippen molar-refractivity contribution < 1.29 is 9.18 Å². The minimum absolute atomic E-state index is 0.102. The van der Waals surface area contributed by atoms with E-state index < -0.39 is 5.82 Å². The summed E-state index contributed by atoms with van der Waals surface area (Å²) >= 11 is 1.89. The third-order valence-electron chi connectivity index (χ3n) is 4.54. The van der Waals surface area contributed by atoms with E-state index >= 15 is 0 Å². The molecule has 1 atom stereocenters. The SMILES string of the molecule is N#Cc1cc(F)ccc1CN1CCC[C@@H]1C(=O)N1CCSCC1. The molecule has 3 rings (SSSR count). The molecule has 2 aliphatic heterocycles. The van der Waals surface area contributed by atoms with Crippen LogP contribution in [0, 0.1) is 17.1 Å². The van der Waals surface area contributed by atoms with E-state index in [1.54, 1.807) is 6.07 Å². The molecule has 1 aromatic rings. The third-order valence-corrected chi connectivity index (χ3v) is 5.48. The first kappa shape index (κ1) is 16.3. The van der Waals surface area contributed by atoms with Crippen LogP contribution in [-0.4, -0.2) is 52.9 Å². The molecule has 0 radical (unpaired) electrons. The minimum atomic E-state index is -0.398. The van der Waals surface area contributed by atoms with Crippen LogP contribution in [0.3, 0.4) is 0 Å². The van der Waals surface area contributed by atoms with Gasteiger partial charge >= 0.3 is 0 Å². The standard InChI is InChI=1S/C17H20FN3OS/c18-15-4-3-13(14(10-15)11-19)12-21-5-1-2-16(21)17(22)20-6-8-23-9-7-20/h3-4,10,16H,1-2,5-9,12H2/t16-/m1/s1. The fourth-order valence-corrected chi connectivity index (χ4v) is 4.20. The smallest absolute Gasteiger partial charge is 0.239 e. The van der Waals surface area contributed by atoms with Crippen molar-refractivity contribution in [2.75, 3.05) is 31.1 Å². The zero-order valence-electron chi connectivity index (χ0n) is 13.0. The maximum atomic E-state index is 13.3. The monoisotopic (exact) mass is 333 g/mol. The molecule has 0 bridgehead atoms. The Morgan fingerprint density at radius 1 is 1.35 bits per heavy atom. The molecule has 2 saturated heterocycles. The minimum Gasteiger partial charge on any atom is -0.340 e. The highest BCUT2D eigenvalue weighted by Gasteiger charge is 2.34. The molecule has 1 amide bonds. The summed E-state index contributed by atoms with van der Waals surface area (Å²) in [7, 11) is 0. The molecule has 2 fully saturated rings. The number of benzene rings is 1. The summed E-state index contributed by atoms with van der Waals surface area (Å²) in [5, 5.41) is 9.18. The molecular weight excluding hydrogens is 313 g/mol. The number of rotatable bonds is 3. The molecule has 2 heterocycles. The second kappa shape index (κ2) is 7.33. The van der Waals surface area contributed by atoms with E-state index in [1.807, 2.05) is 16.7 Å². The largest absolute Gasteiger partial charge is 0.340 e. The first-order chi connectivity index (χ1) is 11.2. The van der Waals surface area contributed by atoms with Crippen LogP contribution in [-0.2, 0) is 11.3 Å². The fourth-order valence-electron chi connectivity index (χ4n) is 3.30. The maximum Gasteiger partial charge on any atom is 0.239 e. The van der Waals surface area contributed by atoms with Crippen LogP contribution in [0.2, 0.25) is 0 Å². The van der Waals surface area contributed by atoms with Gasteiger partial charge < -0.3 is 4.90 Å². The lowest BCUT2D eigenvalue weighted by Crippen LogP contribution is -2.48. The summed E-state index contributed by atoms with van der Waals surface area (Å²) in [5.74, 6) is 1.83. The lowest BCUT2D eigenvalue weighted by Gasteiger charge is -2.32. The number of nitrogens with zero attached hydrogens (tertiary/aromatic N) is 3. The molecule has 0 unspecified atom stereocenters. The molecule has 4 nitrogen and oxygen atoms in total. The van der Waals surface area contributed by atoms with Gasteiger partial charge in [0.25, 0.3) is 0 Å². The van der Waals surface area contributed by atoms with Gasteiger partial charge in [-0.2, -0.15) is 17.0 Å². The van der Waals surface area contributed by atoms with Crippen molar-refractivity contribution in [3.8, 4) is 6.07 Å². The Morgan fingerprint density at radius 3 is 2.87 bits per heavy atom. The number of hydrogen-bond donors (Lipinski definition) is 0. The van der Waals surface area contributed by atoms with E-state index in [-0.39, 0.29) is 11.9 Å². The highest BCUT2D eigenvalue weighted by atomic mass is 32.2. The van der Waals surface area contributed by atoms with Gasteiger partial charge in [0.1, 0.15) is 5.82 Å². The summed E-state index contributed by atoms with van der Waals surface area (Å²) in [6.45, 7) is 3.03. The molecule has 0 N–H and O–H groups in total. The van der Waals surface area contributed by atoms with Crippen molar-refractivity contribution in [3.05, 3.63) is 35.1 Å². The third kappa shape index (κ3) is 3.67. The van der Waals surface area contributed by atoms with Crippen LogP contribution in [0.25, 0.3) is 0 Å². The van der Waals surface area contributed by atoms with Gasteiger partial charge in [-0.1, -0.05) is 6.07 Å². The Kier molecular flexibility index (Phi) is 5.19. The molecule has 0 aliphatic carbocycles. The van der Waals surface area contributed by atoms with Crippen LogP contribution < -0.4 is 0 Å². The van der Waals surface area contributed by atoms with Crippen molar-refractivity contribution in [2.24, 2.45) is 0 Å². The van der Waals surface area contributed by atoms with Gasteiger partial charge in [-0.15, -0.1) is 0 Å². The number of carbonyl (C=O) groups excluding carboxylic acids is 1. The van der Waals surface area contributed by atoms with E-state index in [1.165, 1.54) is 12.1 Å². The van der Waals surface area contributed by atoms with Crippen molar-refractivity contribution >= 4 is 17.7 Å². The summed E-state index contributed by atoms with van der Waals surface area (Å²) in [5.41, 5.74) is 1.15. The molecule has 1 aromatic carbocycles. The Morgan fingerprint density at radius 2 is 2.13 bits per heavy atom. The zero-order chi connectivity index (χ0) is 16.2. The molecule has 2 aliphatic rings. The summed E-state index contributed by atoms with van der Waals surface area (Å²) < 4.78 is 13.3. The highest BCUT2D eigenvalue weighted by Crippen LogP contribution is 2.24. The number of carbonyl (C=O) groups is 1. The second-order valence-corrected chi connectivity index (χ2v) is 7.20. The number of halogens is 1. The van der Waals surface area contributed by atoms with Gasteiger partial charge in [0, 0.05) is 31.1 Å². The van der Waals surface area contributed by atoms with Gasteiger partial charge in [-0.3, -0.25) is 9.69 Å². The molecule has 0 saturated carbocycles. The van der Waals surface area contributed by atoms with Crippen molar-refractivity contribution in [3.63, 3.8) is 0 Å². The van der Waals surface area contributed by atoms with Crippen LogP contribution in [0.4, 0.5) is 4.39 Å². The summed E-state index contributed by atoms with van der Waals surface area (Å²) in [4.78, 5) is 16.9. The lowest BCUT2D eigenvalue weighted by atomic mass is 10.1. The second-order valence-electron chi connectivity index (χ2n) is 5.98. The van der Waals surface area contributed by atoms with Crippen LogP contribution in [0.1, 0.15) is 24.0 Å². The Bertz CT molecular complexity index is 625. The predicted octanol–water partition coefficient (Wildman–Crippen LogP) is 2.24. The highest BCUT2D eigenvalue weighted by molar-refractivity contribution is 7.99. The molecule has 0 spiro atoms. The fraction of sp³-hybridized carbons (Fsp3) is 0.529. The first-order valence-electron chi connectivity index (χ1n) is 7.98. The first-order valence-corrected chi connectivity index (χ1v) is 9.13. The molecule has 6 heteroatoms. The molecule has 23 heavy (non-hydrogen) atoms. The number of nitriles is 1. The average molecular weight is 333 g/mol. The Hall–Kier alpha value is -1.58. The van der Waals surface area contributed by atoms with Gasteiger partial charge in [0.2, 0.25) is 5.91 Å². The topological polar surface area (TPSA) is 47.3 Å². The van der Waals surface area contributed by atoms with E-state index in [0.29, 0.717) is 12.1 Å². The average Bonchev–Trinajstić information content (AvgIpc) is 3.04. The normalized spacial score (nSPS) is 22.1. The van der Waals surface area contributed by atoms with Gasteiger partial charge in [-0.05, 0) is 37.1 Å². The zero-order valence-corrected chi connectivity index (χ0v) is 13.8. The maximum absolute atomic E-state index is 13.3. The Balaban J connectivity index is 1.72. The van der Waals surface area contributed by atoms with Crippen LogP contribution >= 0.6 is 11.8 Å². The predicted molar refractivity (Wildman–Crippen MR) is 88.5 cm³/mol. The van der Waals surface area contributed by atoms with E-state index in [0.717, 1.165) is 49.5 Å². The van der Waals surface area contributed by atoms with Crippen LogP contribution in [0.15, 0.2) is 18.2 Å². The lowest BCUT2D eigenvalue weighted by molar-refractivity contribution is -0.135. The summed E-state index contributed by atoms with van der Waals surface area (Å²) in [6.07, 6.45) is 1.85. The van der Waals surface area contributed by atoms with Crippen LogP contribution in [0.5, 0.6) is 0 Å². The summed E-state index contributed by atoms with van der Waals surface area (Å²) in [6, 6.07) is 6.26. The number of likely N-dealkylation sites (tertiary alicyclic amines) is 1. The van der Waals surface area contributed by atoms with Crippen molar-refractivity contribution in [1.82, 2.24) is 9.80 Å². The van der Waals surface area contributed by atoms with E-state index in [9.17, 15) is 14.4 Å². The Labute approximate surface area is 140 Å². The van der Waals surface area contributed by atoms with Gasteiger partial charge in [-0.25, -0.2) is 4.39 Å². The van der Waals surface area contributed by atoms with E-state index in [2.05, 4.69) is 11.0 Å². The van der Waals surface area contributed by atoms with Gasteiger partial charge in [0.15, 0.2) is 0 Å². The molecule has 122 valence electrons. The van der Waals surface area contributed by atoms with Gasteiger partial charge in [0.05, 0.1) is 17.7 Å². The molecule has 0 aromatic heterocycles. The van der Waals surface area contributed by atoms with E-state index in [4.69, 9.17) is 0 Å².